The first kappa shape index (κ1) is 12.9. The molecule has 98 valence electrons. The zero-order valence-corrected chi connectivity index (χ0v) is 11.3. The molecule has 0 aromatic heterocycles. The third-order valence-electron chi connectivity index (χ3n) is 4.66. The largest absolute Gasteiger partial charge is 0.328 e. The zero-order chi connectivity index (χ0) is 12.3. The number of nitrogens with one attached hydrogen (secondary N) is 1. The topological polar surface area (TPSA) is 32.3 Å². The van der Waals surface area contributed by atoms with Crippen LogP contribution in [0.4, 0.5) is 0 Å². The molecule has 1 aliphatic heterocycles. The summed E-state index contributed by atoms with van der Waals surface area (Å²) in [6.07, 6.45) is 8.60. The Morgan fingerprint density at radius 3 is 2.65 bits per heavy atom. The zero-order valence-electron chi connectivity index (χ0n) is 11.3. The summed E-state index contributed by atoms with van der Waals surface area (Å²) in [5.74, 6) is 0.339. The molecule has 0 aromatic carbocycles. The molecule has 0 spiro atoms. The molecule has 0 bridgehead atoms. The Kier molecular flexibility index (Phi) is 4.08. The lowest BCUT2D eigenvalue weighted by molar-refractivity contribution is -0.130. The summed E-state index contributed by atoms with van der Waals surface area (Å²) in [6.45, 7) is 6.17. The number of hydrogen-bond acceptors (Lipinski definition) is 2. The lowest BCUT2D eigenvalue weighted by atomic mass is 9.83. The fourth-order valence-electron chi connectivity index (χ4n) is 3.41. The summed E-state index contributed by atoms with van der Waals surface area (Å²) in [7, 11) is 0. The van der Waals surface area contributed by atoms with Gasteiger partial charge in [-0.15, -0.1) is 0 Å². The first-order chi connectivity index (χ1) is 8.21. The number of nitrogens with zero attached hydrogens (tertiary/aromatic N) is 1. The minimum atomic E-state index is 0.0929. The fourth-order valence-corrected chi connectivity index (χ4v) is 3.41. The first-order valence-electron chi connectivity index (χ1n) is 7.23. The van der Waals surface area contributed by atoms with E-state index in [1.807, 2.05) is 0 Å². The Labute approximate surface area is 105 Å². The van der Waals surface area contributed by atoms with Crippen LogP contribution in [-0.2, 0) is 4.79 Å². The van der Waals surface area contributed by atoms with Gasteiger partial charge in [-0.3, -0.25) is 10.1 Å². The van der Waals surface area contributed by atoms with Gasteiger partial charge in [0.25, 0.3) is 0 Å². The number of carbonyl (C=O) groups excluding carboxylic acids is 1. The van der Waals surface area contributed by atoms with Gasteiger partial charge in [-0.25, -0.2) is 0 Å². The van der Waals surface area contributed by atoms with Crippen molar-refractivity contribution in [2.24, 2.45) is 5.41 Å². The first-order valence-corrected chi connectivity index (χ1v) is 7.23. The van der Waals surface area contributed by atoms with E-state index < -0.39 is 0 Å². The van der Waals surface area contributed by atoms with E-state index in [2.05, 4.69) is 24.1 Å². The van der Waals surface area contributed by atoms with Crippen molar-refractivity contribution >= 4 is 5.91 Å². The molecule has 0 aromatic rings. The Bertz CT molecular complexity index is 271. The fraction of sp³-hybridized carbons (Fsp3) is 0.929. The van der Waals surface area contributed by atoms with Crippen molar-refractivity contribution < 1.29 is 4.79 Å². The number of rotatable bonds is 5. The van der Waals surface area contributed by atoms with Crippen LogP contribution in [0.3, 0.4) is 0 Å². The second-order valence-electron chi connectivity index (χ2n) is 5.80. The Hall–Kier alpha value is -0.570. The van der Waals surface area contributed by atoms with E-state index in [1.54, 1.807) is 0 Å². The minimum Gasteiger partial charge on any atom is -0.328 e. The average molecular weight is 238 g/mol. The molecular weight excluding hydrogens is 212 g/mol. The van der Waals surface area contributed by atoms with Crippen LogP contribution < -0.4 is 5.32 Å². The van der Waals surface area contributed by atoms with Crippen molar-refractivity contribution in [1.29, 1.82) is 0 Å². The van der Waals surface area contributed by atoms with Gasteiger partial charge in [-0.1, -0.05) is 33.1 Å². The van der Waals surface area contributed by atoms with Gasteiger partial charge in [0.2, 0.25) is 5.91 Å². The molecule has 3 heteroatoms. The molecule has 1 aliphatic carbocycles. The lowest BCUT2D eigenvalue weighted by Gasteiger charge is -2.32. The van der Waals surface area contributed by atoms with Gasteiger partial charge in [0.05, 0.1) is 12.7 Å². The smallest absolute Gasteiger partial charge is 0.240 e. The Morgan fingerprint density at radius 2 is 2.06 bits per heavy atom. The van der Waals surface area contributed by atoms with E-state index in [4.69, 9.17) is 0 Å². The van der Waals surface area contributed by atoms with Crippen LogP contribution in [0.25, 0.3) is 0 Å². The summed E-state index contributed by atoms with van der Waals surface area (Å²) in [6, 6.07) is 0.0929. The van der Waals surface area contributed by atoms with Crippen LogP contribution in [0, 0.1) is 5.41 Å². The highest BCUT2D eigenvalue weighted by Crippen LogP contribution is 2.41. The molecule has 1 amide bonds. The van der Waals surface area contributed by atoms with Crippen LogP contribution in [0.5, 0.6) is 0 Å². The maximum atomic E-state index is 12.2. The van der Waals surface area contributed by atoms with Crippen molar-refractivity contribution in [3.05, 3.63) is 0 Å². The third kappa shape index (κ3) is 2.65. The van der Waals surface area contributed by atoms with Crippen LogP contribution in [-0.4, -0.2) is 30.1 Å². The van der Waals surface area contributed by atoms with Gasteiger partial charge in [-0.2, -0.15) is 0 Å². The number of hydrogen-bond donors (Lipinski definition) is 1. The average Bonchev–Trinajstić information content (AvgIpc) is 2.92. The van der Waals surface area contributed by atoms with Crippen molar-refractivity contribution in [2.75, 3.05) is 13.2 Å². The standard InChI is InChI=1S/C14H26N2O/c1-3-7-12-13(17)16(11-15-12)10-14(4-2)8-5-6-9-14/h12,15H,3-11H2,1-2H3. The van der Waals surface area contributed by atoms with Gasteiger partial charge in [0.15, 0.2) is 0 Å². The second-order valence-corrected chi connectivity index (χ2v) is 5.80. The number of carbonyl (C=O) groups is 1. The molecule has 3 nitrogen and oxygen atoms in total. The molecule has 1 unspecified atom stereocenters. The predicted octanol–water partition coefficient (Wildman–Crippen LogP) is 2.51. The van der Waals surface area contributed by atoms with Gasteiger partial charge in [-0.05, 0) is 31.1 Å². The molecule has 2 rings (SSSR count). The Balaban J connectivity index is 1.93. The maximum absolute atomic E-state index is 12.2. The summed E-state index contributed by atoms with van der Waals surface area (Å²) in [4.78, 5) is 14.3. The summed E-state index contributed by atoms with van der Waals surface area (Å²) in [5, 5.41) is 3.35. The van der Waals surface area contributed by atoms with E-state index in [-0.39, 0.29) is 6.04 Å². The summed E-state index contributed by atoms with van der Waals surface area (Å²) < 4.78 is 0. The molecule has 17 heavy (non-hydrogen) atoms. The van der Waals surface area contributed by atoms with E-state index in [0.29, 0.717) is 11.3 Å². The van der Waals surface area contributed by atoms with Crippen molar-refractivity contribution in [1.82, 2.24) is 10.2 Å². The van der Waals surface area contributed by atoms with Crippen LogP contribution in [0.2, 0.25) is 0 Å². The van der Waals surface area contributed by atoms with Crippen molar-refractivity contribution in [3.63, 3.8) is 0 Å². The van der Waals surface area contributed by atoms with Crippen LogP contribution >= 0.6 is 0 Å². The predicted molar refractivity (Wildman–Crippen MR) is 69.6 cm³/mol. The molecule has 1 atom stereocenters. The molecule has 2 fully saturated rings. The molecule has 0 radical (unpaired) electrons. The maximum Gasteiger partial charge on any atom is 0.240 e. The van der Waals surface area contributed by atoms with Gasteiger partial charge in [0, 0.05) is 6.54 Å². The molecule has 1 saturated carbocycles. The highest BCUT2D eigenvalue weighted by Gasteiger charge is 2.38. The van der Waals surface area contributed by atoms with Crippen LogP contribution in [0.1, 0.15) is 58.8 Å². The highest BCUT2D eigenvalue weighted by molar-refractivity contribution is 5.83. The quantitative estimate of drug-likeness (QED) is 0.798. The van der Waals surface area contributed by atoms with Crippen molar-refractivity contribution in [2.45, 2.75) is 64.8 Å². The third-order valence-corrected chi connectivity index (χ3v) is 4.66. The van der Waals surface area contributed by atoms with Gasteiger partial charge in [0.1, 0.15) is 0 Å². The van der Waals surface area contributed by atoms with E-state index in [0.717, 1.165) is 26.1 Å². The van der Waals surface area contributed by atoms with E-state index in [1.165, 1.54) is 32.1 Å². The van der Waals surface area contributed by atoms with E-state index in [9.17, 15) is 4.79 Å². The SMILES string of the molecule is CCCC1NCN(CC2(CC)CCCC2)C1=O. The van der Waals surface area contributed by atoms with Gasteiger partial charge >= 0.3 is 0 Å². The number of amides is 1. The van der Waals surface area contributed by atoms with Gasteiger partial charge < -0.3 is 4.90 Å². The molecule has 1 saturated heterocycles. The lowest BCUT2D eigenvalue weighted by Crippen LogP contribution is -2.38. The monoisotopic (exact) mass is 238 g/mol. The van der Waals surface area contributed by atoms with E-state index >= 15 is 0 Å². The molecular formula is C14H26N2O. The summed E-state index contributed by atoms with van der Waals surface area (Å²) >= 11 is 0. The normalized spacial score (nSPS) is 28.0. The summed E-state index contributed by atoms with van der Waals surface area (Å²) in [5.41, 5.74) is 0.429. The Morgan fingerprint density at radius 1 is 1.35 bits per heavy atom. The molecule has 1 heterocycles. The molecule has 2 aliphatic rings. The minimum absolute atomic E-state index is 0.0929. The highest BCUT2D eigenvalue weighted by atomic mass is 16.2. The van der Waals surface area contributed by atoms with Crippen LogP contribution in [0.15, 0.2) is 0 Å². The molecule has 1 N–H and O–H groups in total. The second kappa shape index (κ2) is 5.38. The van der Waals surface area contributed by atoms with Crippen molar-refractivity contribution in [3.8, 4) is 0 Å².